The Balaban J connectivity index is 1.96. The van der Waals surface area contributed by atoms with Crippen LogP contribution in [0.2, 0.25) is 0 Å². The Kier molecular flexibility index (Phi) is 5.52. The second kappa shape index (κ2) is 7.04. The van der Waals surface area contributed by atoms with E-state index in [9.17, 15) is 0 Å². The molecule has 0 N–H and O–H groups in total. The van der Waals surface area contributed by atoms with Crippen molar-refractivity contribution in [1.82, 2.24) is 0 Å². The first-order valence-electron chi connectivity index (χ1n) is 4.90. The van der Waals surface area contributed by atoms with Gasteiger partial charge in [-0.25, -0.2) is 0 Å². The summed E-state index contributed by atoms with van der Waals surface area (Å²) in [5, 5.41) is 8.25. The van der Waals surface area contributed by atoms with Crippen LogP contribution in [0, 0.1) is 18.3 Å². The summed E-state index contributed by atoms with van der Waals surface area (Å²) < 4.78 is 15.8. The number of hydrogen-bond donors (Lipinski definition) is 0. The summed E-state index contributed by atoms with van der Waals surface area (Å²) in [7, 11) is 0. The van der Waals surface area contributed by atoms with Crippen LogP contribution in [0.25, 0.3) is 0 Å². The van der Waals surface area contributed by atoms with E-state index >= 15 is 0 Å². The summed E-state index contributed by atoms with van der Waals surface area (Å²) in [6.07, 6.45) is 0.428. The molecule has 82 valence electrons. The van der Waals surface area contributed by atoms with Crippen LogP contribution in [0.5, 0.6) is 0 Å². The summed E-state index contributed by atoms with van der Waals surface area (Å²) in [5.41, 5.74) is 0. The molecule has 0 saturated carbocycles. The van der Waals surface area contributed by atoms with Crippen LogP contribution in [0.15, 0.2) is 16.5 Å². The number of hydrogen-bond acceptors (Lipinski definition) is 4. The van der Waals surface area contributed by atoms with Crippen LogP contribution in [-0.2, 0) is 16.1 Å². The normalized spacial score (nSPS) is 10.1. The fourth-order valence-corrected chi connectivity index (χ4v) is 1.07. The van der Waals surface area contributed by atoms with Gasteiger partial charge < -0.3 is 13.9 Å². The third-order valence-corrected chi connectivity index (χ3v) is 1.77. The molecule has 4 heteroatoms. The van der Waals surface area contributed by atoms with E-state index in [-0.39, 0.29) is 0 Å². The highest BCUT2D eigenvalue weighted by Crippen LogP contribution is 2.06. The van der Waals surface area contributed by atoms with Gasteiger partial charge in [0, 0.05) is 0 Å². The zero-order valence-electron chi connectivity index (χ0n) is 8.86. The van der Waals surface area contributed by atoms with Crippen molar-refractivity contribution in [1.29, 1.82) is 5.26 Å². The van der Waals surface area contributed by atoms with Crippen LogP contribution >= 0.6 is 0 Å². The van der Waals surface area contributed by atoms with E-state index in [1.54, 1.807) is 0 Å². The Hall–Kier alpha value is -1.31. The molecule has 15 heavy (non-hydrogen) atoms. The quantitative estimate of drug-likeness (QED) is 0.645. The molecule has 1 heterocycles. The molecule has 0 fully saturated rings. The van der Waals surface area contributed by atoms with E-state index in [4.69, 9.17) is 19.2 Å². The lowest BCUT2D eigenvalue weighted by Gasteiger charge is -2.02. The molecule has 0 radical (unpaired) electrons. The van der Waals surface area contributed by atoms with Gasteiger partial charge in [0.25, 0.3) is 0 Å². The van der Waals surface area contributed by atoms with E-state index < -0.39 is 0 Å². The van der Waals surface area contributed by atoms with Crippen LogP contribution < -0.4 is 0 Å². The van der Waals surface area contributed by atoms with Gasteiger partial charge in [0.15, 0.2) is 0 Å². The largest absolute Gasteiger partial charge is 0.464 e. The first-order valence-corrected chi connectivity index (χ1v) is 4.90. The van der Waals surface area contributed by atoms with Gasteiger partial charge in [0.2, 0.25) is 0 Å². The second-order valence-electron chi connectivity index (χ2n) is 3.09. The first-order chi connectivity index (χ1) is 7.33. The topological polar surface area (TPSA) is 55.4 Å². The van der Waals surface area contributed by atoms with Gasteiger partial charge in [-0.1, -0.05) is 0 Å². The highest BCUT2D eigenvalue weighted by atomic mass is 16.5. The third kappa shape index (κ3) is 5.21. The molecule has 0 amide bonds. The van der Waals surface area contributed by atoms with Crippen molar-refractivity contribution in [2.75, 3.05) is 19.8 Å². The number of ether oxygens (including phenoxy) is 2. The van der Waals surface area contributed by atoms with E-state index in [1.807, 2.05) is 25.1 Å². The maximum absolute atomic E-state index is 8.25. The van der Waals surface area contributed by atoms with E-state index in [1.165, 1.54) is 0 Å². The Morgan fingerprint density at radius 2 is 2.07 bits per heavy atom. The Morgan fingerprint density at radius 1 is 1.27 bits per heavy atom. The van der Waals surface area contributed by atoms with Gasteiger partial charge >= 0.3 is 0 Å². The third-order valence-electron chi connectivity index (χ3n) is 1.77. The van der Waals surface area contributed by atoms with E-state index in [0.29, 0.717) is 32.8 Å². The van der Waals surface area contributed by atoms with E-state index in [0.717, 1.165) is 11.5 Å². The average molecular weight is 209 g/mol. The molecular formula is C11H15NO3. The summed E-state index contributed by atoms with van der Waals surface area (Å²) >= 11 is 0. The highest BCUT2D eigenvalue weighted by Gasteiger charge is 1.97. The van der Waals surface area contributed by atoms with Crippen molar-refractivity contribution in [3.8, 4) is 6.07 Å². The highest BCUT2D eigenvalue weighted by molar-refractivity contribution is 5.04. The summed E-state index contributed by atoms with van der Waals surface area (Å²) in [4.78, 5) is 0. The molecule has 1 aromatic rings. The standard InChI is InChI=1S/C11H15NO3/c1-10-3-4-11(15-10)9-14-8-7-13-6-2-5-12/h3-4H,2,6-9H2,1H3. The maximum atomic E-state index is 8.25. The Labute approximate surface area is 89.4 Å². The summed E-state index contributed by atoms with van der Waals surface area (Å²) in [6, 6.07) is 5.81. The molecule has 0 aliphatic heterocycles. The smallest absolute Gasteiger partial charge is 0.129 e. The maximum Gasteiger partial charge on any atom is 0.129 e. The number of nitrogens with zero attached hydrogens (tertiary/aromatic N) is 1. The number of rotatable bonds is 7. The lowest BCUT2D eigenvalue weighted by atomic mass is 10.4. The van der Waals surface area contributed by atoms with Crippen molar-refractivity contribution in [2.24, 2.45) is 0 Å². The number of nitriles is 1. The van der Waals surface area contributed by atoms with Gasteiger partial charge in [0.1, 0.15) is 18.1 Å². The molecule has 0 aromatic carbocycles. The lowest BCUT2D eigenvalue weighted by Crippen LogP contribution is -2.04. The molecule has 4 nitrogen and oxygen atoms in total. The monoisotopic (exact) mass is 209 g/mol. The van der Waals surface area contributed by atoms with Crippen LogP contribution in [-0.4, -0.2) is 19.8 Å². The molecule has 0 unspecified atom stereocenters. The van der Waals surface area contributed by atoms with Gasteiger partial charge in [0.05, 0.1) is 32.3 Å². The molecule has 0 atom stereocenters. The second-order valence-corrected chi connectivity index (χ2v) is 3.09. The van der Waals surface area contributed by atoms with Crippen LogP contribution in [0.1, 0.15) is 17.9 Å². The van der Waals surface area contributed by atoms with Crippen molar-refractivity contribution in [3.63, 3.8) is 0 Å². The van der Waals surface area contributed by atoms with Crippen LogP contribution in [0.3, 0.4) is 0 Å². The predicted octanol–water partition coefficient (Wildman–Crippen LogP) is 2.03. The average Bonchev–Trinajstić information content (AvgIpc) is 2.63. The SMILES string of the molecule is Cc1ccc(COCCOCCC#N)o1. The number of aryl methyl sites for hydroxylation is 1. The number of furan rings is 1. The zero-order valence-corrected chi connectivity index (χ0v) is 8.86. The summed E-state index contributed by atoms with van der Waals surface area (Å²) in [5.74, 6) is 1.71. The lowest BCUT2D eigenvalue weighted by molar-refractivity contribution is 0.0363. The van der Waals surface area contributed by atoms with Gasteiger partial charge in [-0.3, -0.25) is 0 Å². The fourth-order valence-electron chi connectivity index (χ4n) is 1.07. The molecule has 0 saturated heterocycles. The van der Waals surface area contributed by atoms with E-state index in [2.05, 4.69) is 0 Å². The molecule has 1 rings (SSSR count). The molecule has 0 aliphatic carbocycles. The molecular weight excluding hydrogens is 194 g/mol. The van der Waals surface area contributed by atoms with Crippen molar-refractivity contribution in [2.45, 2.75) is 20.0 Å². The minimum absolute atomic E-state index is 0.428. The minimum atomic E-state index is 0.428. The minimum Gasteiger partial charge on any atom is -0.464 e. The van der Waals surface area contributed by atoms with Gasteiger partial charge in [-0.2, -0.15) is 5.26 Å². The summed E-state index contributed by atoms with van der Waals surface area (Å²) in [6.45, 7) is 3.87. The van der Waals surface area contributed by atoms with Crippen molar-refractivity contribution < 1.29 is 13.9 Å². The molecule has 0 spiro atoms. The molecule has 0 aliphatic rings. The Bertz CT molecular complexity index is 314. The molecule has 0 bridgehead atoms. The Morgan fingerprint density at radius 3 is 2.73 bits per heavy atom. The van der Waals surface area contributed by atoms with Crippen molar-refractivity contribution in [3.05, 3.63) is 23.7 Å². The predicted molar refractivity (Wildman–Crippen MR) is 54.2 cm³/mol. The first kappa shape index (κ1) is 11.8. The molecule has 1 aromatic heterocycles. The fraction of sp³-hybridized carbons (Fsp3) is 0.545. The van der Waals surface area contributed by atoms with Gasteiger partial charge in [-0.05, 0) is 19.1 Å². The van der Waals surface area contributed by atoms with Gasteiger partial charge in [-0.15, -0.1) is 0 Å². The zero-order chi connectivity index (χ0) is 10.9. The van der Waals surface area contributed by atoms with Crippen molar-refractivity contribution >= 4 is 0 Å². The van der Waals surface area contributed by atoms with Crippen LogP contribution in [0.4, 0.5) is 0 Å².